The number of nitrogens with zero attached hydrogens (tertiary/aromatic N) is 2. The van der Waals surface area contributed by atoms with E-state index in [4.69, 9.17) is 28.9 Å². The Balaban J connectivity index is 1.85. The first-order valence-electron chi connectivity index (χ1n) is 8.58. The van der Waals surface area contributed by atoms with Crippen molar-refractivity contribution >= 4 is 51.8 Å². The van der Waals surface area contributed by atoms with E-state index in [1.807, 2.05) is 12.1 Å². The van der Waals surface area contributed by atoms with Gasteiger partial charge in [-0.05, 0) is 36.4 Å². The smallest absolute Gasteiger partial charge is 0.271 e. The molecule has 4 N–H and O–H groups in total. The van der Waals surface area contributed by atoms with Crippen molar-refractivity contribution in [2.45, 2.75) is 5.66 Å². The number of anilines is 2. The van der Waals surface area contributed by atoms with E-state index in [9.17, 15) is 10.1 Å². The van der Waals surface area contributed by atoms with Crippen LogP contribution in [0.1, 0.15) is 5.56 Å². The summed E-state index contributed by atoms with van der Waals surface area (Å²) in [7, 11) is 0. The number of nitro groups is 1. The lowest BCUT2D eigenvalue weighted by Gasteiger charge is -2.37. The van der Waals surface area contributed by atoms with Gasteiger partial charge in [0.05, 0.1) is 16.3 Å². The molecule has 9 heteroatoms. The summed E-state index contributed by atoms with van der Waals surface area (Å²) in [6.07, 6.45) is 0. The first-order chi connectivity index (χ1) is 13.8. The van der Waals surface area contributed by atoms with Crippen molar-refractivity contribution in [3.05, 3.63) is 92.5 Å². The number of benzene rings is 3. The molecule has 146 valence electrons. The van der Waals surface area contributed by atoms with Gasteiger partial charge in [0.2, 0.25) is 0 Å². The zero-order valence-electron chi connectivity index (χ0n) is 14.9. The lowest BCUT2D eigenvalue weighted by atomic mass is 9.96. The van der Waals surface area contributed by atoms with Crippen LogP contribution >= 0.6 is 23.2 Å². The number of amidine groups is 1. The molecule has 0 saturated heterocycles. The van der Waals surface area contributed by atoms with Crippen molar-refractivity contribution in [3.8, 4) is 0 Å². The number of fused-ring (bicyclic) bond motifs is 1. The minimum Gasteiger partial charge on any atom is -0.356 e. The Morgan fingerprint density at radius 2 is 1.76 bits per heavy atom. The van der Waals surface area contributed by atoms with E-state index >= 15 is 0 Å². The quantitative estimate of drug-likeness (QED) is 0.389. The summed E-state index contributed by atoms with van der Waals surface area (Å²) in [6.45, 7) is 0. The molecule has 29 heavy (non-hydrogen) atoms. The third kappa shape index (κ3) is 3.75. The molecule has 0 amide bonds. The predicted molar refractivity (Wildman–Crippen MR) is 116 cm³/mol. The monoisotopic (exact) mass is 427 g/mol. The van der Waals surface area contributed by atoms with Gasteiger partial charge in [0.15, 0.2) is 11.5 Å². The molecule has 1 heterocycles. The Morgan fingerprint density at radius 3 is 2.45 bits per heavy atom. The number of hydrogen-bond donors (Lipinski definition) is 3. The summed E-state index contributed by atoms with van der Waals surface area (Å²) in [5.41, 5.74) is 7.74. The minimum atomic E-state index is -1.25. The van der Waals surface area contributed by atoms with E-state index in [0.29, 0.717) is 38.5 Å². The molecule has 0 saturated carbocycles. The minimum absolute atomic E-state index is 0.0660. The summed E-state index contributed by atoms with van der Waals surface area (Å²) >= 11 is 12.3. The topological polar surface area (TPSA) is 106 Å². The highest BCUT2D eigenvalue weighted by Crippen LogP contribution is 2.39. The largest absolute Gasteiger partial charge is 0.356 e. The Morgan fingerprint density at radius 1 is 1.03 bits per heavy atom. The van der Waals surface area contributed by atoms with Crippen molar-refractivity contribution in [1.29, 1.82) is 0 Å². The Labute approximate surface area is 176 Å². The Kier molecular flexibility index (Phi) is 4.87. The van der Waals surface area contributed by atoms with Crippen molar-refractivity contribution in [1.82, 2.24) is 0 Å². The van der Waals surface area contributed by atoms with Gasteiger partial charge in [-0.15, -0.1) is 0 Å². The predicted octanol–water partition coefficient (Wildman–Crippen LogP) is 5.28. The number of halogens is 2. The fourth-order valence-corrected chi connectivity index (χ4v) is 3.46. The van der Waals surface area contributed by atoms with Crippen molar-refractivity contribution in [2.24, 2.45) is 10.7 Å². The first kappa shape index (κ1) is 19.2. The summed E-state index contributed by atoms with van der Waals surface area (Å²) in [5, 5.41) is 18.6. The molecule has 7 nitrogen and oxygen atoms in total. The van der Waals surface area contributed by atoms with Gasteiger partial charge < -0.3 is 10.6 Å². The van der Waals surface area contributed by atoms with Crippen LogP contribution in [0.15, 0.2) is 71.7 Å². The van der Waals surface area contributed by atoms with Gasteiger partial charge in [-0.2, -0.15) is 0 Å². The second-order valence-corrected chi connectivity index (χ2v) is 7.37. The number of nitrogens with two attached hydrogens (primary N) is 1. The molecule has 1 atom stereocenters. The molecule has 1 aliphatic heterocycles. The van der Waals surface area contributed by atoms with Gasteiger partial charge in [0.1, 0.15) is 0 Å². The van der Waals surface area contributed by atoms with Gasteiger partial charge >= 0.3 is 0 Å². The third-order valence-corrected chi connectivity index (χ3v) is 4.97. The second-order valence-electron chi connectivity index (χ2n) is 6.50. The highest BCUT2D eigenvalue weighted by atomic mass is 35.5. The van der Waals surface area contributed by atoms with E-state index in [0.717, 1.165) is 0 Å². The average Bonchev–Trinajstić information content (AvgIpc) is 2.68. The Bertz CT molecular complexity index is 1150. The van der Waals surface area contributed by atoms with Crippen molar-refractivity contribution in [3.63, 3.8) is 0 Å². The number of aliphatic imine (C=N–C) groups is 1. The highest BCUT2D eigenvalue weighted by molar-refractivity contribution is 6.31. The van der Waals surface area contributed by atoms with Crippen molar-refractivity contribution < 1.29 is 4.92 Å². The fraction of sp³-hybridized carbons (Fsp3) is 0.0500. The van der Waals surface area contributed by atoms with E-state index in [2.05, 4.69) is 15.6 Å². The number of non-ortho nitro benzene ring substituents is 1. The molecule has 3 aromatic carbocycles. The third-order valence-electron chi connectivity index (χ3n) is 4.50. The summed E-state index contributed by atoms with van der Waals surface area (Å²) < 4.78 is 0. The van der Waals surface area contributed by atoms with Crippen LogP contribution in [0.2, 0.25) is 10.0 Å². The zero-order valence-corrected chi connectivity index (χ0v) is 16.4. The summed E-state index contributed by atoms with van der Waals surface area (Å²) in [5.74, 6) is 0.343. The maximum Gasteiger partial charge on any atom is 0.271 e. The second kappa shape index (κ2) is 7.36. The molecule has 0 aliphatic carbocycles. The van der Waals surface area contributed by atoms with Crippen LogP contribution in [0, 0.1) is 10.1 Å². The van der Waals surface area contributed by atoms with Gasteiger partial charge in [-0.25, -0.2) is 4.99 Å². The molecular formula is C20H15Cl2N5O2. The lowest BCUT2D eigenvalue weighted by Crippen LogP contribution is -2.55. The SMILES string of the molecule is NC1(c2cccc(Cl)c2)Nc2ccc([N+](=O)[O-])cc2N=C1Nc1cccc(Cl)c1. The van der Waals surface area contributed by atoms with E-state index in [-0.39, 0.29) is 5.69 Å². The molecule has 1 unspecified atom stereocenters. The van der Waals surface area contributed by atoms with Crippen LogP contribution < -0.4 is 16.4 Å². The molecule has 0 radical (unpaired) electrons. The highest BCUT2D eigenvalue weighted by Gasteiger charge is 2.38. The summed E-state index contributed by atoms with van der Waals surface area (Å²) in [6, 6.07) is 18.5. The van der Waals surface area contributed by atoms with Crippen LogP contribution in [-0.2, 0) is 5.66 Å². The van der Waals surface area contributed by atoms with E-state index < -0.39 is 10.6 Å². The first-order valence-corrected chi connectivity index (χ1v) is 9.34. The van der Waals surface area contributed by atoms with Crippen LogP contribution in [-0.4, -0.2) is 10.8 Å². The molecular weight excluding hydrogens is 413 g/mol. The van der Waals surface area contributed by atoms with Crippen LogP contribution in [0.3, 0.4) is 0 Å². The zero-order chi connectivity index (χ0) is 20.6. The molecule has 0 aromatic heterocycles. The van der Waals surface area contributed by atoms with Gasteiger partial charge in [0, 0.05) is 33.4 Å². The van der Waals surface area contributed by atoms with Crippen LogP contribution in [0.4, 0.5) is 22.7 Å². The summed E-state index contributed by atoms with van der Waals surface area (Å²) in [4.78, 5) is 15.3. The number of nitrogens with one attached hydrogen (secondary N) is 2. The van der Waals surface area contributed by atoms with Crippen LogP contribution in [0.5, 0.6) is 0 Å². The fourth-order valence-electron chi connectivity index (χ4n) is 3.08. The maximum absolute atomic E-state index is 11.2. The molecule has 0 bridgehead atoms. The molecule has 1 aliphatic rings. The van der Waals surface area contributed by atoms with Crippen molar-refractivity contribution in [2.75, 3.05) is 10.6 Å². The lowest BCUT2D eigenvalue weighted by molar-refractivity contribution is -0.384. The Hall–Kier alpha value is -3.13. The number of nitro benzene ring substituents is 1. The van der Waals surface area contributed by atoms with Crippen LogP contribution in [0.25, 0.3) is 0 Å². The molecule has 0 fully saturated rings. The van der Waals surface area contributed by atoms with E-state index in [1.165, 1.54) is 12.1 Å². The van der Waals surface area contributed by atoms with Gasteiger partial charge in [-0.3, -0.25) is 15.8 Å². The molecule has 0 spiro atoms. The number of rotatable bonds is 3. The maximum atomic E-state index is 11.2. The molecule has 4 rings (SSSR count). The average molecular weight is 428 g/mol. The number of hydrogen-bond acceptors (Lipinski definition) is 6. The standard InChI is InChI=1S/C20H15Cl2N5O2/c21-13-4-1-3-12(9-13)20(23)19(24-15-6-2-5-14(22)10-15)25-18-11-16(27(28)29)7-8-17(18)26-20/h1-11,26H,23H2,(H,24,25). The molecule has 3 aromatic rings. The van der Waals surface area contributed by atoms with Gasteiger partial charge in [-0.1, -0.05) is 41.4 Å². The normalized spacial score (nSPS) is 17.7. The van der Waals surface area contributed by atoms with Gasteiger partial charge in [0.25, 0.3) is 5.69 Å². The van der Waals surface area contributed by atoms with E-state index in [1.54, 1.807) is 42.5 Å².